The molecule has 2 aliphatic heterocycles. The number of benzene rings is 1. The van der Waals surface area contributed by atoms with Crippen molar-refractivity contribution < 1.29 is 23.4 Å². The number of phenolic OH excluding ortho intramolecular Hbond substituents is 1. The standard InChI is InChI=1S/C20H19F2N5O3/c1-29-18-13-7-20(21,22)17(25-13)6-16(18)30-19-24-9-14(26-27-19)12-4-10-2-3-23-8-11(10)5-15(12)28/h2-5,8-9,13,16-18,25,28H,6-7H2,1H3/t13-,16+,17-,18+/m1/s1. The van der Waals surface area contributed by atoms with Crippen LogP contribution in [0.5, 0.6) is 11.8 Å². The molecular weight excluding hydrogens is 396 g/mol. The van der Waals surface area contributed by atoms with E-state index in [2.05, 4.69) is 25.5 Å². The summed E-state index contributed by atoms with van der Waals surface area (Å²) in [7, 11) is 1.47. The molecule has 0 unspecified atom stereocenters. The lowest BCUT2D eigenvalue weighted by Crippen LogP contribution is -2.55. The van der Waals surface area contributed by atoms with Gasteiger partial charge >= 0.3 is 6.01 Å². The Labute approximate surface area is 170 Å². The molecule has 4 heterocycles. The molecule has 4 atom stereocenters. The van der Waals surface area contributed by atoms with Crippen LogP contribution in [0.3, 0.4) is 0 Å². The van der Waals surface area contributed by atoms with Gasteiger partial charge in [0.05, 0.1) is 12.2 Å². The molecule has 2 N–H and O–H groups in total. The van der Waals surface area contributed by atoms with Gasteiger partial charge in [0.25, 0.3) is 5.92 Å². The molecule has 2 aliphatic rings. The van der Waals surface area contributed by atoms with Crippen molar-refractivity contribution in [1.82, 2.24) is 25.5 Å². The Morgan fingerprint density at radius 2 is 2.07 bits per heavy atom. The molecule has 1 aromatic carbocycles. The molecule has 0 saturated carbocycles. The molecule has 0 amide bonds. The lowest BCUT2D eigenvalue weighted by atomic mass is 9.99. The fourth-order valence-corrected chi connectivity index (χ4v) is 4.29. The van der Waals surface area contributed by atoms with Gasteiger partial charge in [-0.1, -0.05) is 5.10 Å². The first-order valence-corrected chi connectivity index (χ1v) is 9.55. The van der Waals surface area contributed by atoms with Gasteiger partial charge in [0.2, 0.25) is 0 Å². The van der Waals surface area contributed by atoms with Crippen molar-refractivity contribution in [2.24, 2.45) is 0 Å². The average Bonchev–Trinajstić information content (AvgIpc) is 2.97. The van der Waals surface area contributed by atoms with Crippen LogP contribution >= 0.6 is 0 Å². The largest absolute Gasteiger partial charge is 0.507 e. The molecular formula is C20H19F2N5O3. The fourth-order valence-electron chi connectivity index (χ4n) is 4.29. The molecule has 30 heavy (non-hydrogen) atoms. The Morgan fingerprint density at radius 1 is 1.20 bits per heavy atom. The first kappa shape index (κ1) is 19.0. The van der Waals surface area contributed by atoms with Crippen LogP contribution in [0.15, 0.2) is 36.8 Å². The first-order chi connectivity index (χ1) is 14.4. The minimum atomic E-state index is -2.80. The van der Waals surface area contributed by atoms with E-state index in [0.29, 0.717) is 11.3 Å². The number of hydrogen-bond acceptors (Lipinski definition) is 8. The third-order valence-electron chi connectivity index (χ3n) is 5.75. The normalized spacial score (nSPS) is 27.3. The summed E-state index contributed by atoms with van der Waals surface area (Å²) in [6.07, 6.45) is 3.37. The van der Waals surface area contributed by atoms with Crippen LogP contribution in [0, 0.1) is 0 Å². The van der Waals surface area contributed by atoms with E-state index in [9.17, 15) is 13.9 Å². The van der Waals surface area contributed by atoms with E-state index in [1.165, 1.54) is 13.3 Å². The smallest absolute Gasteiger partial charge is 0.336 e. The van der Waals surface area contributed by atoms with E-state index in [4.69, 9.17) is 9.47 Å². The average molecular weight is 415 g/mol. The number of pyridine rings is 1. The van der Waals surface area contributed by atoms with Crippen molar-refractivity contribution in [1.29, 1.82) is 0 Å². The summed E-state index contributed by atoms with van der Waals surface area (Å²) in [5.74, 6) is -2.78. The van der Waals surface area contributed by atoms with Crippen molar-refractivity contribution in [2.45, 2.75) is 43.1 Å². The number of ether oxygens (including phenoxy) is 2. The SMILES string of the molecule is CO[C@@H]1[C@@H](Oc2ncc(-c3cc4ccncc4cc3O)nn2)C[C@H]2N[C@@H]1CC2(F)F. The predicted octanol–water partition coefficient (Wildman–Crippen LogP) is 2.32. The zero-order valence-electron chi connectivity index (χ0n) is 16.0. The number of rotatable bonds is 4. The van der Waals surface area contributed by atoms with E-state index >= 15 is 0 Å². The number of halogens is 2. The van der Waals surface area contributed by atoms with Crippen molar-refractivity contribution in [3.05, 3.63) is 36.8 Å². The van der Waals surface area contributed by atoms with Crippen LogP contribution in [0.1, 0.15) is 12.8 Å². The monoisotopic (exact) mass is 415 g/mol. The van der Waals surface area contributed by atoms with Gasteiger partial charge in [0.1, 0.15) is 23.7 Å². The zero-order valence-corrected chi connectivity index (χ0v) is 16.0. The van der Waals surface area contributed by atoms with Crippen molar-refractivity contribution in [3.63, 3.8) is 0 Å². The lowest BCUT2D eigenvalue weighted by molar-refractivity contribution is -0.0506. The van der Waals surface area contributed by atoms with Gasteiger partial charge in [0, 0.05) is 49.3 Å². The topological polar surface area (TPSA) is 102 Å². The number of aromatic nitrogens is 4. The Balaban J connectivity index is 1.37. The van der Waals surface area contributed by atoms with Gasteiger partial charge in [-0.05, 0) is 23.6 Å². The number of aromatic hydroxyl groups is 1. The highest BCUT2D eigenvalue weighted by atomic mass is 19.3. The first-order valence-electron chi connectivity index (χ1n) is 9.55. The molecule has 2 bridgehead atoms. The van der Waals surface area contributed by atoms with Gasteiger partial charge in [0.15, 0.2) is 0 Å². The van der Waals surface area contributed by atoms with Gasteiger partial charge in [-0.3, -0.25) is 4.98 Å². The van der Waals surface area contributed by atoms with Crippen molar-refractivity contribution >= 4 is 10.8 Å². The Kier molecular flexibility index (Phi) is 4.48. The van der Waals surface area contributed by atoms with Crippen LogP contribution in [-0.4, -0.2) is 62.6 Å². The fraction of sp³-hybridized carbons (Fsp3) is 0.400. The van der Waals surface area contributed by atoms with Crippen LogP contribution < -0.4 is 10.1 Å². The second-order valence-corrected chi connectivity index (χ2v) is 7.60. The summed E-state index contributed by atoms with van der Waals surface area (Å²) in [4.78, 5) is 8.19. The van der Waals surface area contributed by atoms with Crippen LogP contribution in [0.4, 0.5) is 8.78 Å². The maximum atomic E-state index is 14.1. The zero-order chi connectivity index (χ0) is 20.9. The molecule has 0 radical (unpaired) electrons. The summed E-state index contributed by atoms with van der Waals surface area (Å²) >= 11 is 0. The number of fused-ring (bicyclic) bond motifs is 3. The van der Waals surface area contributed by atoms with Gasteiger partial charge < -0.3 is 19.9 Å². The second-order valence-electron chi connectivity index (χ2n) is 7.60. The molecule has 156 valence electrons. The Hall–Kier alpha value is -2.98. The molecule has 0 aliphatic carbocycles. The molecule has 2 aromatic heterocycles. The third-order valence-corrected chi connectivity index (χ3v) is 5.75. The van der Waals surface area contributed by atoms with E-state index in [0.717, 1.165) is 10.8 Å². The van der Waals surface area contributed by atoms with Crippen LogP contribution in [-0.2, 0) is 4.74 Å². The van der Waals surface area contributed by atoms with Crippen LogP contribution in [0.2, 0.25) is 0 Å². The molecule has 0 spiro atoms. The maximum absolute atomic E-state index is 14.1. The summed E-state index contributed by atoms with van der Waals surface area (Å²) in [5, 5.41) is 23.0. The molecule has 10 heteroatoms. The van der Waals surface area contributed by atoms with Crippen molar-refractivity contribution in [3.8, 4) is 23.0 Å². The van der Waals surface area contributed by atoms with Crippen LogP contribution in [0.25, 0.3) is 22.0 Å². The third kappa shape index (κ3) is 3.21. The van der Waals surface area contributed by atoms with Gasteiger partial charge in [-0.25, -0.2) is 13.8 Å². The molecule has 2 fully saturated rings. The summed E-state index contributed by atoms with van der Waals surface area (Å²) in [6, 6.07) is 3.70. The predicted molar refractivity (Wildman–Crippen MR) is 102 cm³/mol. The number of nitrogens with one attached hydrogen (secondary N) is 1. The minimum absolute atomic E-state index is 0.0249. The number of methoxy groups -OCH3 is 1. The quantitative estimate of drug-likeness (QED) is 0.670. The Morgan fingerprint density at radius 3 is 2.83 bits per heavy atom. The van der Waals surface area contributed by atoms with E-state index in [1.54, 1.807) is 24.5 Å². The highest BCUT2D eigenvalue weighted by Crippen LogP contribution is 2.41. The lowest BCUT2D eigenvalue weighted by Gasteiger charge is -2.35. The summed E-state index contributed by atoms with van der Waals surface area (Å²) in [5.41, 5.74) is 0.827. The molecule has 3 aromatic rings. The highest BCUT2D eigenvalue weighted by molar-refractivity contribution is 5.89. The van der Waals surface area contributed by atoms with Gasteiger partial charge in [-0.2, -0.15) is 0 Å². The minimum Gasteiger partial charge on any atom is -0.507 e. The number of piperidine rings is 1. The number of alkyl halides is 2. The van der Waals surface area contributed by atoms with Crippen molar-refractivity contribution in [2.75, 3.05) is 7.11 Å². The van der Waals surface area contributed by atoms with E-state index in [1.807, 2.05) is 6.07 Å². The maximum Gasteiger partial charge on any atom is 0.336 e. The highest BCUT2D eigenvalue weighted by Gasteiger charge is 2.57. The second kappa shape index (κ2) is 7.06. The van der Waals surface area contributed by atoms with E-state index in [-0.39, 0.29) is 24.6 Å². The molecule has 5 rings (SSSR count). The number of hydrogen-bond donors (Lipinski definition) is 2. The summed E-state index contributed by atoms with van der Waals surface area (Å²) in [6.45, 7) is 0. The molecule has 8 nitrogen and oxygen atoms in total. The van der Waals surface area contributed by atoms with Gasteiger partial charge in [-0.15, -0.1) is 5.10 Å². The summed E-state index contributed by atoms with van der Waals surface area (Å²) < 4.78 is 39.3. The molecule has 2 saturated heterocycles. The Bertz CT molecular complexity index is 1080. The number of nitrogens with zero attached hydrogens (tertiary/aromatic N) is 4. The van der Waals surface area contributed by atoms with E-state index < -0.39 is 30.2 Å². The number of phenols is 1.